The molecule has 1 aromatic heterocycles. The molecule has 1 heterocycles. The number of amides is 1. The Morgan fingerprint density at radius 2 is 1.92 bits per heavy atom. The summed E-state index contributed by atoms with van der Waals surface area (Å²) in [6.07, 6.45) is 7.46. The van der Waals surface area contributed by atoms with Gasteiger partial charge in [0.2, 0.25) is 0 Å². The zero-order valence-electron chi connectivity index (χ0n) is 15.0. The number of carbonyl (C=O) groups is 1. The molecular weight excluding hydrogens is 348 g/mol. The van der Waals surface area contributed by atoms with E-state index in [2.05, 4.69) is 10.3 Å². The van der Waals surface area contributed by atoms with E-state index in [1.54, 1.807) is 18.3 Å². The first-order chi connectivity index (χ1) is 12.5. The molecule has 4 nitrogen and oxygen atoms in total. The summed E-state index contributed by atoms with van der Waals surface area (Å²) in [4.78, 5) is 17.1. The van der Waals surface area contributed by atoms with Crippen LogP contribution in [-0.4, -0.2) is 22.2 Å². The van der Waals surface area contributed by atoms with Gasteiger partial charge in [-0.2, -0.15) is 0 Å². The zero-order valence-corrected chi connectivity index (χ0v) is 15.8. The van der Waals surface area contributed by atoms with Crippen LogP contribution >= 0.6 is 11.6 Å². The molecule has 1 aliphatic rings. The molecule has 2 aromatic rings. The van der Waals surface area contributed by atoms with Crippen molar-refractivity contribution in [3.8, 4) is 11.3 Å². The third kappa shape index (κ3) is 4.63. The van der Waals surface area contributed by atoms with Gasteiger partial charge >= 0.3 is 0 Å². The average Bonchev–Trinajstić information content (AvgIpc) is 2.92. The van der Waals surface area contributed by atoms with Gasteiger partial charge in [0.1, 0.15) is 6.23 Å². The minimum Gasteiger partial charge on any atom is -0.373 e. The van der Waals surface area contributed by atoms with Gasteiger partial charge in [0.15, 0.2) is 0 Å². The molecule has 0 bridgehead atoms. The van der Waals surface area contributed by atoms with E-state index in [1.165, 1.54) is 12.8 Å². The highest BCUT2D eigenvalue weighted by Crippen LogP contribution is 2.27. The number of carbonyl (C=O) groups excluding carboxylic acids is 1. The summed E-state index contributed by atoms with van der Waals surface area (Å²) in [5.74, 6) is -0.233. The molecule has 0 radical (unpaired) electrons. The summed E-state index contributed by atoms with van der Waals surface area (Å²) < 4.78 is 0. The average molecular weight is 373 g/mol. The van der Waals surface area contributed by atoms with Crippen molar-refractivity contribution in [3.63, 3.8) is 0 Å². The van der Waals surface area contributed by atoms with Gasteiger partial charge in [0.25, 0.3) is 5.91 Å². The molecule has 1 aromatic carbocycles. The van der Waals surface area contributed by atoms with Crippen molar-refractivity contribution in [2.45, 2.75) is 51.7 Å². The fourth-order valence-corrected chi connectivity index (χ4v) is 3.66. The smallest absolute Gasteiger partial charge is 0.254 e. The molecule has 1 aliphatic carbocycles. The van der Waals surface area contributed by atoms with Crippen LogP contribution in [0, 0.1) is 12.8 Å². The fraction of sp³-hybridized carbons (Fsp3) is 0.429. The third-order valence-electron chi connectivity index (χ3n) is 5.04. The van der Waals surface area contributed by atoms with Crippen molar-refractivity contribution < 1.29 is 9.90 Å². The Morgan fingerprint density at radius 1 is 1.19 bits per heavy atom. The number of rotatable bonds is 4. The molecule has 26 heavy (non-hydrogen) atoms. The quantitative estimate of drug-likeness (QED) is 0.602. The summed E-state index contributed by atoms with van der Waals surface area (Å²) in [5, 5.41) is 13.6. The van der Waals surface area contributed by atoms with Gasteiger partial charge in [-0.3, -0.25) is 9.78 Å². The monoisotopic (exact) mass is 372 g/mol. The lowest BCUT2D eigenvalue weighted by molar-refractivity contribution is 0.0532. The van der Waals surface area contributed by atoms with Gasteiger partial charge in [-0.15, -0.1) is 0 Å². The molecule has 2 N–H and O–H groups in total. The van der Waals surface area contributed by atoms with Crippen molar-refractivity contribution in [1.82, 2.24) is 10.3 Å². The van der Waals surface area contributed by atoms with Crippen LogP contribution in [0.25, 0.3) is 11.3 Å². The molecule has 138 valence electrons. The zero-order chi connectivity index (χ0) is 18.5. The summed E-state index contributed by atoms with van der Waals surface area (Å²) >= 11 is 6.24. The SMILES string of the molecule is Cc1ccc(-c2ccc(Cl)c(C(=O)NC(O)C3CCCCCC3)c2)nc1. The van der Waals surface area contributed by atoms with Crippen molar-refractivity contribution >= 4 is 17.5 Å². The van der Waals surface area contributed by atoms with Crippen molar-refractivity contribution in [3.05, 3.63) is 52.7 Å². The Labute approximate surface area is 159 Å². The second-order valence-electron chi connectivity index (χ2n) is 7.09. The maximum atomic E-state index is 12.7. The summed E-state index contributed by atoms with van der Waals surface area (Å²) in [7, 11) is 0. The highest BCUT2D eigenvalue weighted by Gasteiger charge is 2.23. The number of aliphatic hydroxyl groups is 1. The normalized spacial score (nSPS) is 16.7. The lowest BCUT2D eigenvalue weighted by Gasteiger charge is -2.22. The second-order valence-corrected chi connectivity index (χ2v) is 7.49. The van der Waals surface area contributed by atoms with E-state index in [4.69, 9.17) is 11.6 Å². The van der Waals surface area contributed by atoms with Gasteiger partial charge < -0.3 is 10.4 Å². The number of aliphatic hydroxyl groups excluding tert-OH is 1. The van der Waals surface area contributed by atoms with E-state index in [0.29, 0.717) is 10.6 Å². The lowest BCUT2D eigenvalue weighted by Crippen LogP contribution is -2.40. The van der Waals surface area contributed by atoms with Gasteiger partial charge in [0.05, 0.1) is 16.3 Å². The van der Waals surface area contributed by atoms with Gasteiger partial charge in [-0.05, 0) is 43.5 Å². The van der Waals surface area contributed by atoms with Crippen molar-refractivity contribution in [2.24, 2.45) is 5.92 Å². The third-order valence-corrected chi connectivity index (χ3v) is 5.37. The van der Waals surface area contributed by atoms with Crippen LogP contribution in [-0.2, 0) is 0 Å². The van der Waals surface area contributed by atoms with E-state index in [-0.39, 0.29) is 11.8 Å². The summed E-state index contributed by atoms with van der Waals surface area (Å²) in [5.41, 5.74) is 3.04. The Bertz CT molecular complexity index is 753. The molecule has 1 saturated carbocycles. The van der Waals surface area contributed by atoms with Crippen molar-refractivity contribution in [1.29, 1.82) is 0 Å². The molecule has 0 saturated heterocycles. The number of hydrogen-bond acceptors (Lipinski definition) is 3. The molecule has 1 fully saturated rings. The van der Waals surface area contributed by atoms with Gasteiger partial charge in [-0.1, -0.05) is 49.4 Å². The number of aryl methyl sites for hydroxylation is 1. The van der Waals surface area contributed by atoms with E-state index in [9.17, 15) is 9.90 Å². The molecule has 1 atom stereocenters. The number of benzene rings is 1. The summed E-state index contributed by atoms with van der Waals surface area (Å²) in [6.45, 7) is 1.98. The fourth-order valence-electron chi connectivity index (χ4n) is 3.45. The van der Waals surface area contributed by atoms with E-state index >= 15 is 0 Å². The molecule has 1 unspecified atom stereocenters. The first-order valence-corrected chi connectivity index (χ1v) is 9.64. The predicted molar refractivity (Wildman–Crippen MR) is 104 cm³/mol. The number of nitrogens with zero attached hydrogens (tertiary/aromatic N) is 1. The minimum atomic E-state index is -0.835. The Hall–Kier alpha value is -1.91. The molecular formula is C21H25ClN2O2. The van der Waals surface area contributed by atoms with E-state index in [0.717, 1.165) is 42.5 Å². The molecule has 0 aliphatic heterocycles. The van der Waals surface area contributed by atoms with Crippen LogP contribution in [0.2, 0.25) is 5.02 Å². The molecule has 5 heteroatoms. The van der Waals surface area contributed by atoms with Crippen molar-refractivity contribution in [2.75, 3.05) is 0 Å². The number of aromatic nitrogens is 1. The molecule has 1 amide bonds. The Kier molecular flexibility index (Phi) is 6.28. The van der Waals surface area contributed by atoms with Crippen LogP contribution in [0.5, 0.6) is 0 Å². The van der Waals surface area contributed by atoms with Gasteiger partial charge in [-0.25, -0.2) is 0 Å². The Morgan fingerprint density at radius 3 is 2.58 bits per heavy atom. The van der Waals surface area contributed by atoms with E-state index < -0.39 is 6.23 Å². The first-order valence-electron chi connectivity index (χ1n) is 9.26. The van der Waals surface area contributed by atoms with Crippen LogP contribution in [0.4, 0.5) is 0 Å². The van der Waals surface area contributed by atoms with Crippen LogP contribution in [0.15, 0.2) is 36.5 Å². The molecule has 0 spiro atoms. The van der Waals surface area contributed by atoms with Gasteiger partial charge in [0, 0.05) is 17.7 Å². The highest BCUT2D eigenvalue weighted by atomic mass is 35.5. The standard InChI is InChI=1S/C21H25ClN2O2/c1-14-8-11-19(23-13-14)16-9-10-18(22)17(12-16)21(26)24-20(25)15-6-4-2-3-5-7-15/h8-13,15,20,25H,2-7H2,1H3,(H,24,26). The largest absolute Gasteiger partial charge is 0.373 e. The van der Waals surface area contributed by atoms with Crippen LogP contribution in [0.3, 0.4) is 0 Å². The summed E-state index contributed by atoms with van der Waals surface area (Å²) in [6, 6.07) is 9.17. The maximum Gasteiger partial charge on any atom is 0.254 e. The lowest BCUT2D eigenvalue weighted by atomic mass is 9.98. The highest BCUT2D eigenvalue weighted by molar-refractivity contribution is 6.34. The topological polar surface area (TPSA) is 62.2 Å². The van der Waals surface area contributed by atoms with E-state index in [1.807, 2.05) is 25.1 Å². The Balaban J connectivity index is 1.75. The number of halogens is 1. The second kappa shape index (κ2) is 8.65. The first kappa shape index (κ1) is 18.9. The number of pyridine rings is 1. The predicted octanol–water partition coefficient (Wildman–Crippen LogP) is 4.73. The maximum absolute atomic E-state index is 12.7. The molecule has 3 rings (SSSR count). The minimum absolute atomic E-state index is 0.113. The number of hydrogen-bond donors (Lipinski definition) is 2. The number of nitrogens with one attached hydrogen (secondary N) is 1. The van der Waals surface area contributed by atoms with Crippen LogP contribution in [0.1, 0.15) is 54.4 Å². The van der Waals surface area contributed by atoms with Crippen LogP contribution < -0.4 is 5.32 Å².